The predicted octanol–water partition coefficient (Wildman–Crippen LogP) is 1.97. The van der Waals surface area contributed by atoms with Gasteiger partial charge in [0, 0.05) is 18.7 Å². The molecule has 2 heterocycles. The molecule has 11 heteroatoms. The Hall–Kier alpha value is -3.08. The summed E-state index contributed by atoms with van der Waals surface area (Å²) in [6, 6.07) is 4.89. The molecule has 0 fully saturated rings. The fraction of sp³-hybridized carbons (Fsp3) is 0.214. The van der Waals surface area contributed by atoms with Gasteiger partial charge >= 0.3 is 0 Å². The van der Waals surface area contributed by atoms with Gasteiger partial charge in [0.1, 0.15) is 6.33 Å². The third-order valence-electron chi connectivity index (χ3n) is 3.33. The maximum atomic E-state index is 11.4. The number of nitrogens with zero attached hydrogens (tertiary/aromatic N) is 8. The highest BCUT2D eigenvalue weighted by Gasteiger charge is 2.17. The molecule has 2 aromatic heterocycles. The van der Waals surface area contributed by atoms with Gasteiger partial charge in [-0.2, -0.15) is 5.10 Å². The van der Waals surface area contributed by atoms with Gasteiger partial charge in [0.2, 0.25) is 0 Å². The lowest BCUT2D eigenvalue weighted by atomic mass is 10.2. The van der Waals surface area contributed by atoms with Gasteiger partial charge in [-0.05, 0) is 31.7 Å². The molecule has 128 valence electrons. The van der Waals surface area contributed by atoms with Crippen LogP contribution >= 0.6 is 11.8 Å². The average molecular weight is 358 g/mol. The number of rotatable bonds is 5. The lowest BCUT2D eigenvalue weighted by Crippen LogP contribution is -1.98. The van der Waals surface area contributed by atoms with Crippen LogP contribution in [0.25, 0.3) is 0 Å². The number of nitro groups is 1. The number of nitro benzene ring substituents is 1. The highest BCUT2D eigenvalue weighted by molar-refractivity contribution is 7.99. The molecule has 0 spiro atoms. The van der Waals surface area contributed by atoms with Crippen molar-refractivity contribution in [2.75, 3.05) is 0 Å². The molecule has 3 rings (SSSR count). The van der Waals surface area contributed by atoms with Crippen LogP contribution in [-0.4, -0.2) is 40.8 Å². The first-order valence-corrected chi connectivity index (χ1v) is 8.00. The summed E-state index contributed by atoms with van der Waals surface area (Å²) in [6.45, 7) is 3.56. The van der Waals surface area contributed by atoms with Gasteiger partial charge < -0.3 is 4.57 Å². The van der Waals surface area contributed by atoms with Crippen LogP contribution in [0.4, 0.5) is 5.69 Å². The van der Waals surface area contributed by atoms with Crippen molar-refractivity contribution in [1.29, 1.82) is 0 Å². The number of benzene rings is 1. The van der Waals surface area contributed by atoms with E-state index < -0.39 is 4.92 Å². The number of aromatic nitrogens is 6. The zero-order valence-corrected chi connectivity index (χ0v) is 14.5. The van der Waals surface area contributed by atoms with Crippen molar-refractivity contribution in [1.82, 2.24) is 29.6 Å². The fourth-order valence-corrected chi connectivity index (χ4v) is 2.91. The van der Waals surface area contributed by atoms with Crippen molar-refractivity contribution in [3.63, 3.8) is 0 Å². The summed E-state index contributed by atoms with van der Waals surface area (Å²) in [4.78, 5) is 11.5. The molecule has 0 aliphatic carbocycles. The summed E-state index contributed by atoms with van der Waals surface area (Å²) in [5, 5.41) is 31.8. The van der Waals surface area contributed by atoms with Crippen LogP contribution in [0.5, 0.6) is 0 Å². The molecule has 0 atom stereocenters. The van der Waals surface area contributed by atoms with Crippen molar-refractivity contribution in [3.05, 3.63) is 51.9 Å². The number of hydrogen-bond acceptors (Lipinski definition) is 8. The standard InChI is InChI=1S/C14H14N8O2S/c1-9-17-18-10(2)21(9)16-7-11-4-5-13(12(6-11)22(23)24)25-14-19-15-8-20(14)3/h4-8H,1-3H3/b16-7+. The smallest absolute Gasteiger partial charge is 0.283 e. The Bertz CT molecular complexity index is 942. The Balaban J connectivity index is 1.91. The molecular formula is C14H14N8O2S. The van der Waals surface area contributed by atoms with Crippen LogP contribution in [-0.2, 0) is 7.05 Å². The fourth-order valence-electron chi connectivity index (χ4n) is 2.06. The first-order chi connectivity index (χ1) is 12.0. The molecular weight excluding hydrogens is 344 g/mol. The van der Waals surface area contributed by atoms with Gasteiger partial charge in [0.25, 0.3) is 5.69 Å². The summed E-state index contributed by atoms with van der Waals surface area (Å²) < 4.78 is 3.26. The van der Waals surface area contributed by atoms with E-state index in [1.165, 1.54) is 24.0 Å². The molecule has 1 aromatic carbocycles. The van der Waals surface area contributed by atoms with E-state index in [1.54, 1.807) is 48.6 Å². The largest absolute Gasteiger partial charge is 0.311 e. The van der Waals surface area contributed by atoms with E-state index in [-0.39, 0.29) is 5.69 Å². The molecule has 0 bridgehead atoms. The summed E-state index contributed by atoms with van der Waals surface area (Å²) in [7, 11) is 1.78. The molecule has 25 heavy (non-hydrogen) atoms. The van der Waals surface area contributed by atoms with Crippen molar-refractivity contribution in [3.8, 4) is 0 Å². The summed E-state index contributed by atoms with van der Waals surface area (Å²) in [5.41, 5.74) is 0.579. The normalized spacial score (nSPS) is 11.3. The van der Waals surface area contributed by atoms with E-state index >= 15 is 0 Å². The molecule has 0 saturated heterocycles. The SMILES string of the molecule is Cc1nnc(C)n1/N=C/c1ccc(Sc2nncn2C)c([N+](=O)[O-])c1. The lowest BCUT2D eigenvalue weighted by Gasteiger charge is -2.03. The Labute approximate surface area is 146 Å². The molecule has 0 aliphatic rings. The second-order valence-corrected chi connectivity index (χ2v) is 6.17. The lowest BCUT2D eigenvalue weighted by molar-refractivity contribution is -0.387. The highest BCUT2D eigenvalue weighted by atomic mass is 32.2. The Morgan fingerprint density at radius 2 is 1.96 bits per heavy atom. The third-order valence-corrected chi connectivity index (χ3v) is 4.44. The van der Waals surface area contributed by atoms with E-state index in [2.05, 4.69) is 25.5 Å². The maximum absolute atomic E-state index is 11.4. The molecule has 0 amide bonds. The zero-order chi connectivity index (χ0) is 18.0. The highest BCUT2D eigenvalue weighted by Crippen LogP contribution is 2.33. The van der Waals surface area contributed by atoms with Crippen molar-refractivity contribution < 1.29 is 4.92 Å². The average Bonchev–Trinajstić information content (AvgIpc) is 3.12. The third kappa shape index (κ3) is 3.55. The van der Waals surface area contributed by atoms with Crippen LogP contribution in [0.3, 0.4) is 0 Å². The summed E-state index contributed by atoms with van der Waals surface area (Å²) in [6.07, 6.45) is 3.08. The quantitative estimate of drug-likeness (QED) is 0.389. The zero-order valence-electron chi connectivity index (χ0n) is 13.7. The first kappa shape index (κ1) is 16.8. The Kier molecular flexibility index (Phi) is 4.57. The van der Waals surface area contributed by atoms with E-state index in [9.17, 15) is 10.1 Å². The molecule has 3 aromatic rings. The molecule has 0 aliphatic heterocycles. The predicted molar refractivity (Wildman–Crippen MR) is 90.7 cm³/mol. The van der Waals surface area contributed by atoms with Gasteiger partial charge in [-0.15, -0.1) is 20.4 Å². The second-order valence-electron chi connectivity index (χ2n) is 5.16. The molecule has 0 unspecified atom stereocenters. The van der Waals surface area contributed by atoms with Crippen LogP contribution in [0.1, 0.15) is 17.2 Å². The van der Waals surface area contributed by atoms with Crippen LogP contribution in [0.2, 0.25) is 0 Å². The number of hydrogen-bond donors (Lipinski definition) is 0. The molecule has 0 radical (unpaired) electrons. The van der Waals surface area contributed by atoms with Crippen LogP contribution in [0, 0.1) is 24.0 Å². The minimum Gasteiger partial charge on any atom is -0.311 e. The van der Waals surface area contributed by atoms with Gasteiger partial charge in [-0.1, -0.05) is 6.07 Å². The Morgan fingerprint density at radius 3 is 2.56 bits per heavy atom. The topological polar surface area (TPSA) is 117 Å². The summed E-state index contributed by atoms with van der Waals surface area (Å²) in [5.74, 6) is 1.27. The van der Waals surface area contributed by atoms with Gasteiger partial charge in [-0.3, -0.25) is 10.1 Å². The van der Waals surface area contributed by atoms with Crippen LogP contribution < -0.4 is 0 Å². The molecule has 0 saturated carbocycles. The molecule has 0 N–H and O–H groups in total. The second kappa shape index (κ2) is 6.81. The van der Waals surface area contributed by atoms with Crippen molar-refractivity contribution >= 4 is 23.7 Å². The van der Waals surface area contributed by atoms with Gasteiger partial charge in [0.05, 0.1) is 16.0 Å². The number of aryl methyl sites for hydroxylation is 3. The van der Waals surface area contributed by atoms with E-state index in [0.29, 0.717) is 27.3 Å². The van der Waals surface area contributed by atoms with E-state index in [1.807, 2.05) is 0 Å². The van der Waals surface area contributed by atoms with E-state index in [4.69, 9.17) is 0 Å². The van der Waals surface area contributed by atoms with Crippen LogP contribution in [0.15, 0.2) is 39.7 Å². The summed E-state index contributed by atoms with van der Waals surface area (Å²) >= 11 is 1.18. The Morgan fingerprint density at radius 1 is 1.24 bits per heavy atom. The van der Waals surface area contributed by atoms with Gasteiger partial charge in [0.15, 0.2) is 16.8 Å². The first-order valence-electron chi connectivity index (χ1n) is 7.19. The van der Waals surface area contributed by atoms with Crippen molar-refractivity contribution in [2.45, 2.75) is 23.9 Å². The van der Waals surface area contributed by atoms with Gasteiger partial charge in [-0.25, -0.2) is 4.68 Å². The molecule has 10 nitrogen and oxygen atoms in total. The monoisotopic (exact) mass is 358 g/mol. The minimum atomic E-state index is -0.425. The van der Waals surface area contributed by atoms with Crippen molar-refractivity contribution in [2.24, 2.45) is 12.1 Å². The van der Waals surface area contributed by atoms with E-state index in [0.717, 1.165) is 0 Å². The minimum absolute atomic E-state index is 0.0193. The maximum Gasteiger partial charge on any atom is 0.283 e.